The molecule has 7 heteroatoms. The molecular weight excluding hydrogens is 301 g/mol. The fraction of sp³-hybridized carbons (Fsp3) is 0.154. The molecular formula is C13H11Cl2N3O2. The van der Waals surface area contributed by atoms with E-state index < -0.39 is 0 Å². The number of amides is 1. The Balaban J connectivity index is 2.11. The van der Waals surface area contributed by atoms with Crippen molar-refractivity contribution in [1.29, 1.82) is 0 Å². The first kappa shape index (κ1) is 14.6. The zero-order chi connectivity index (χ0) is 14.7. The standard InChI is InChI=1S/C13H11Cl2N3O2/c1-8-2-5-13(20)18(17-8)7-12(19)16-9-3-4-10(14)11(15)6-9/h2-6H,7H2,1H3,(H,16,19). The van der Waals surface area contributed by atoms with Crippen molar-refractivity contribution >= 4 is 34.8 Å². The second kappa shape index (κ2) is 6.07. The van der Waals surface area contributed by atoms with Crippen molar-refractivity contribution < 1.29 is 4.79 Å². The predicted octanol–water partition coefficient (Wildman–Crippen LogP) is 2.50. The Morgan fingerprint density at radius 3 is 2.70 bits per heavy atom. The predicted molar refractivity (Wildman–Crippen MR) is 78.3 cm³/mol. The van der Waals surface area contributed by atoms with Crippen LogP contribution in [0.4, 0.5) is 5.69 Å². The van der Waals surface area contributed by atoms with Gasteiger partial charge in [0.2, 0.25) is 5.91 Å². The summed E-state index contributed by atoms with van der Waals surface area (Å²) in [5.74, 6) is -0.372. The van der Waals surface area contributed by atoms with Gasteiger partial charge in [0, 0.05) is 11.8 Å². The first-order valence-corrected chi connectivity index (χ1v) is 6.51. The summed E-state index contributed by atoms with van der Waals surface area (Å²) in [6.07, 6.45) is 0. The summed E-state index contributed by atoms with van der Waals surface area (Å²) in [6, 6.07) is 7.70. The maximum Gasteiger partial charge on any atom is 0.267 e. The van der Waals surface area contributed by atoms with Gasteiger partial charge < -0.3 is 5.32 Å². The molecule has 0 atom stereocenters. The minimum Gasteiger partial charge on any atom is -0.324 e. The highest BCUT2D eigenvalue weighted by Gasteiger charge is 2.07. The van der Waals surface area contributed by atoms with Crippen LogP contribution in [0.15, 0.2) is 35.1 Å². The van der Waals surface area contributed by atoms with Crippen LogP contribution >= 0.6 is 23.2 Å². The van der Waals surface area contributed by atoms with Gasteiger partial charge in [-0.15, -0.1) is 0 Å². The van der Waals surface area contributed by atoms with Crippen molar-refractivity contribution in [3.8, 4) is 0 Å². The number of hydrogen-bond donors (Lipinski definition) is 1. The minimum absolute atomic E-state index is 0.166. The van der Waals surface area contributed by atoms with E-state index >= 15 is 0 Å². The highest BCUT2D eigenvalue weighted by Crippen LogP contribution is 2.24. The molecule has 0 radical (unpaired) electrons. The molecule has 5 nitrogen and oxygen atoms in total. The molecule has 0 saturated heterocycles. The van der Waals surface area contributed by atoms with E-state index in [1.165, 1.54) is 12.1 Å². The fourth-order valence-corrected chi connectivity index (χ4v) is 1.87. The van der Waals surface area contributed by atoms with E-state index in [1.54, 1.807) is 25.1 Å². The third-order valence-electron chi connectivity index (χ3n) is 2.50. The first-order valence-electron chi connectivity index (χ1n) is 5.75. The van der Waals surface area contributed by atoms with Crippen LogP contribution in [-0.4, -0.2) is 15.7 Å². The van der Waals surface area contributed by atoms with Gasteiger partial charge in [-0.1, -0.05) is 23.2 Å². The molecule has 1 heterocycles. The van der Waals surface area contributed by atoms with E-state index in [0.29, 0.717) is 21.4 Å². The smallest absolute Gasteiger partial charge is 0.267 e. The lowest BCUT2D eigenvalue weighted by atomic mass is 10.3. The minimum atomic E-state index is -0.372. The Morgan fingerprint density at radius 2 is 2.00 bits per heavy atom. The van der Waals surface area contributed by atoms with E-state index in [1.807, 2.05) is 0 Å². The average molecular weight is 312 g/mol. The van der Waals surface area contributed by atoms with E-state index in [-0.39, 0.29) is 18.0 Å². The maximum absolute atomic E-state index is 11.9. The molecule has 0 fully saturated rings. The summed E-state index contributed by atoms with van der Waals surface area (Å²) in [7, 11) is 0. The molecule has 0 saturated carbocycles. The van der Waals surface area contributed by atoms with Crippen LogP contribution in [0.1, 0.15) is 5.69 Å². The van der Waals surface area contributed by atoms with Crippen molar-refractivity contribution in [3.63, 3.8) is 0 Å². The van der Waals surface area contributed by atoms with E-state index in [2.05, 4.69) is 10.4 Å². The van der Waals surface area contributed by atoms with Gasteiger partial charge in [-0.2, -0.15) is 5.10 Å². The molecule has 1 amide bonds. The van der Waals surface area contributed by atoms with E-state index in [9.17, 15) is 9.59 Å². The maximum atomic E-state index is 11.9. The highest BCUT2D eigenvalue weighted by molar-refractivity contribution is 6.42. The van der Waals surface area contributed by atoms with Crippen molar-refractivity contribution in [2.45, 2.75) is 13.5 Å². The number of nitrogens with zero attached hydrogens (tertiary/aromatic N) is 2. The number of aryl methyl sites for hydroxylation is 1. The Labute approximate surface area is 125 Å². The van der Waals surface area contributed by atoms with Crippen LogP contribution in [0.2, 0.25) is 10.0 Å². The lowest BCUT2D eigenvalue weighted by Crippen LogP contribution is -2.29. The summed E-state index contributed by atoms with van der Waals surface area (Å²) in [5.41, 5.74) is 0.830. The van der Waals surface area contributed by atoms with Gasteiger partial charge >= 0.3 is 0 Å². The lowest BCUT2D eigenvalue weighted by molar-refractivity contribution is -0.117. The summed E-state index contributed by atoms with van der Waals surface area (Å²) in [6.45, 7) is 1.58. The number of rotatable bonds is 3. The number of benzene rings is 1. The molecule has 2 aromatic rings. The van der Waals surface area contributed by atoms with Crippen LogP contribution < -0.4 is 10.9 Å². The summed E-state index contributed by atoms with van der Waals surface area (Å²) < 4.78 is 1.10. The SMILES string of the molecule is Cc1ccc(=O)n(CC(=O)Nc2ccc(Cl)c(Cl)c2)n1. The van der Waals surface area contributed by atoms with Gasteiger partial charge in [-0.3, -0.25) is 9.59 Å². The molecule has 0 unspecified atom stereocenters. The summed E-state index contributed by atoms with van der Waals surface area (Å²) in [4.78, 5) is 23.4. The molecule has 1 aromatic heterocycles. The van der Waals surface area contributed by atoms with Gasteiger partial charge in [-0.25, -0.2) is 4.68 Å². The molecule has 0 spiro atoms. The van der Waals surface area contributed by atoms with Crippen LogP contribution in [0, 0.1) is 6.92 Å². The third-order valence-corrected chi connectivity index (χ3v) is 3.24. The molecule has 0 bridgehead atoms. The van der Waals surface area contributed by atoms with Gasteiger partial charge in [0.1, 0.15) is 6.54 Å². The second-order valence-corrected chi connectivity index (χ2v) is 4.96. The van der Waals surface area contributed by atoms with Crippen LogP contribution in [0.25, 0.3) is 0 Å². The number of anilines is 1. The van der Waals surface area contributed by atoms with Gasteiger partial charge in [-0.05, 0) is 31.2 Å². The summed E-state index contributed by atoms with van der Waals surface area (Å²) >= 11 is 11.6. The largest absolute Gasteiger partial charge is 0.324 e. The third kappa shape index (κ3) is 3.59. The van der Waals surface area contributed by atoms with Gasteiger partial charge in [0.25, 0.3) is 5.56 Å². The first-order chi connectivity index (χ1) is 9.45. The molecule has 0 aliphatic rings. The van der Waals surface area contributed by atoms with Crippen molar-refractivity contribution in [2.75, 3.05) is 5.32 Å². The van der Waals surface area contributed by atoms with E-state index in [4.69, 9.17) is 23.2 Å². The highest BCUT2D eigenvalue weighted by atomic mass is 35.5. The molecule has 2 rings (SSSR count). The van der Waals surface area contributed by atoms with Gasteiger partial charge in [0.15, 0.2) is 0 Å². The number of carbonyl (C=O) groups excluding carboxylic acids is 1. The Hall–Kier alpha value is -1.85. The summed E-state index contributed by atoms with van der Waals surface area (Å²) in [5, 5.41) is 7.35. The van der Waals surface area contributed by atoms with Gasteiger partial charge in [0.05, 0.1) is 15.7 Å². The number of hydrogen-bond acceptors (Lipinski definition) is 3. The van der Waals surface area contributed by atoms with Crippen LogP contribution in [0.5, 0.6) is 0 Å². The Kier molecular flexibility index (Phi) is 4.42. The Morgan fingerprint density at radius 1 is 1.25 bits per heavy atom. The quantitative estimate of drug-likeness (QED) is 0.947. The number of carbonyl (C=O) groups is 1. The van der Waals surface area contributed by atoms with Crippen molar-refractivity contribution in [1.82, 2.24) is 9.78 Å². The van der Waals surface area contributed by atoms with Crippen LogP contribution in [0.3, 0.4) is 0 Å². The lowest BCUT2D eigenvalue weighted by Gasteiger charge is -2.07. The van der Waals surface area contributed by atoms with E-state index in [0.717, 1.165) is 4.68 Å². The Bertz CT molecular complexity index is 713. The molecule has 20 heavy (non-hydrogen) atoms. The van der Waals surface area contributed by atoms with Crippen molar-refractivity contribution in [2.24, 2.45) is 0 Å². The number of aromatic nitrogens is 2. The molecule has 1 aromatic carbocycles. The number of halogens is 2. The second-order valence-electron chi connectivity index (χ2n) is 4.15. The topological polar surface area (TPSA) is 64.0 Å². The fourth-order valence-electron chi connectivity index (χ4n) is 1.57. The molecule has 1 N–H and O–H groups in total. The molecule has 104 valence electrons. The molecule has 0 aliphatic carbocycles. The monoisotopic (exact) mass is 311 g/mol. The van der Waals surface area contributed by atoms with Crippen LogP contribution in [-0.2, 0) is 11.3 Å². The molecule has 0 aliphatic heterocycles. The zero-order valence-electron chi connectivity index (χ0n) is 10.6. The average Bonchev–Trinajstić information content (AvgIpc) is 2.38. The van der Waals surface area contributed by atoms with Crippen molar-refractivity contribution in [3.05, 3.63) is 56.4 Å². The normalized spacial score (nSPS) is 10.3. The zero-order valence-corrected chi connectivity index (χ0v) is 12.1. The number of nitrogens with one attached hydrogen (secondary N) is 1.